The van der Waals surface area contributed by atoms with E-state index in [1.54, 1.807) is 6.20 Å². The van der Waals surface area contributed by atoms with Crippen LogP contribution in [0.1, 0.15) is 13.8 Å². The van der Waals surface area contributed by atoms with E-state index in [-0.39, 0.29) is 0 Å². The van der Waals surface area contributed by atoms with E-state index in [9.17, 15) is 0 Å². The fourth-order valence-electron chi connectivity index (χ4n) is 0.677. The normalized spacial score (nSPS) is 9.90. The lowest BCUT2D eigenvalue weighted by atomic mass is 10.4. The lowest BCUT2D eigenvalue weighted by Gasteiger charge is -2.06. The molecule has 0 atom stereocenters. The molecule has 1 aromatic heterocycles. The van der Waals surface area contributed by atoms with Crippen LogP contribution in [0.5, 0.6) is 0 Å². The summed E-state index contributed by atoms with van der Waals surface area (Å²) in [6, 6.07) is 7.10. The Balaban J connectivity index is 2.59. The van der Waals surface area contributed by atoms with Gasteiger partial charge in [-0.25, -0.2) is 4.98 Å². The van der Waals surface area contributed by atoms with Gasteiger partial charge in [0.1, 0.15) is 5.82 Å². The molecule has 1 radical (unpaired) electrons. The van der Waals surface area contributed by atoms with Crippen molar-refractivity contribution in [2.24, 2.45) is 0 Å². The molecule has 53 valence electrons. The topological polar surface area (TPSA) is 24.9 Å². The zero-order chi connectivity index (χ0) is 7.40. The largest absolute Gasteiger partial charge is 0.367 e. The third-order valence-corrected chi connectivity index (χ3v) is 1.03. The van der Waals surface area contributed by atoms with Gasteiger partial charge in [-0.3, -0.25) is 0 Å². The summed E-state index contributed by atoms with van der Waals surface area (Å²) in [4.78, 5) is 4.05. The molecule has 0 aliphatic heterocycles. The maximum Gasteiger partial charge on any atom is 0.134 e. The Kier molecular flexibility index (Phi) is 2.26. The van der Waals surface area contributed by atoms with Crippen molar-refractivity contribution < 1.29 is 0 Å². The number of rotatable bonds is 2. The summed E-state index contributed by atoms with van der Waals surface area (Å²) in [5.41, 5.74) is 0. The second-order valence-corrected chi connectivity index (χ2v) is 2.43. The molecule has 1 N–H and O–H groups in total. The molecular formula is C8H11N2. The van der Waals surface area contributed by atoms with Gasteiger partial charge in [-0.05, 0) is 26.0 Å². The Morgan fingerprint density at radius 3 is 2.90 bits per heavy atom. The van der Waals surface area contributed by atoms with Gasteiger partial charge < -0.3 is 5.32 Å². The first-order valence-corrected chi connectivity index (χ1v) is 3.38. The van der Waals surface area contributed by atoms with Gasteiger partial charge in [0.15, 0.2) is 0 Å². The van der Waals surface area contributed by atoms with Crippen LogP contribution >= 0.6 is 0 Å². The molecule has 0 aliphatic rings. The summed E-state index contributed by atoms with van der Waals surface area (Å²) in [5, 5.41) is 3.14. The molecule has 0 unspecified atom stereocenters. The Labute approximate surface area is 61.3 Å². The quantitative estimate of drug-likeness (QED) is 0.667. The highest BCUT2D eigenvalue weighted by molar-refractivity contribution is 5.32. The van der Waals surface area contributed by atoms with Crippen LogP contribution in [-0.4, -0.2) is 11.0 Å². The van der Waals surface area contributed by atoms with Crippen molar-refractivity contribution in [2.45, 2.75) is 19.9 Å². The van der Waals surface area contributed by atoms with E-state index >= 15 is 0 Å². The van der Waals surface area contributed by atoms with Crippen LogP contribution in [0.15, 0.2) is 18.3 Å². The first-order chi connectivity index (χ1) is 4.79. The predicted octanol–water partition coefficient (Wildman–Crippen LogP) is 1.70. The van der Waals surface area contributed by atoms with E-state index in [1.807, 2.05) is 12.1 Å². The van der Waals surface area contributed by atoms with Crippen molar-refractivity contribution in [3.8, 4) is 0 Å². The van der Waals surface area contributed by atoms with E-state index in [0.717, 1.165) is 5.82 Å². The summed E-state index contributed by atoms with van der Waals surface area (Å²) in [6.07, 6.45) is 1.75. The molecule has 0 aliphatic carbocycles. The van der Waals surface area contributed by atoms with Gasteiger partial charge in [-0.2, -0.15) is 0 Å². The Hall–Kier alpha value is -1.05. The lowest BCUT2D eigenvalue weighted by molar-refractivity contribution is 0.889. The number of nitrogens with one attached hydrogen (secondary N) is 1. The fraction of sp³-hybridized carbons (Fsp3) is 0.375. The number of hydrogen-bond donors (Lipinski definition) is 1. The van der Waals surface area contributed by atoms with Crippen LogP contribution < -0.4 is 5.32 Å². The van der Waals surface area contributed by atoms with Crippen molar-refractivity contribution in [1.29, 1.82) is 0 Å². The van der Waals surface area contributed by atoms with Crippen molar-refractivity contribution in [2.75, 3.05) is 5.32 Å². The number of hydrogen-bond acceptors (Lipinski definition) is 2. The average Bonchev–Trinajstić information content (AvgIpc) is 1.88. The molecule has 1 rings (SSSR count). The maximum absolute atomic E-state index is 4.05. The smallest absolute Gasteiger partial charge is 0.134 e. The average molecular weight is 135 g/mol. The molecule has 2 heteroatoms. The van der Waals surface area contributed by atoms with Gasteiger partial charge in [0.25, 0.3) is 0 Å². The van der Waals surface area contributed by atoms with Crippen LogP contribution in [-0.2, 0) is 0 Å². The van der Waals surface area contributed by atoms with Crippen LogP contribution in [0.4, 0.5) is 5.82 Å². The van der Waals surface area contributed by atoms with Gasteiger partial charge >= 0.3 is 0 Å². The molecule has 1 heterocycles. The van der Waals surface area contributed by atoms with Crippen LogP contribution in [0.25, 0.3) is 0 Å². The Morgan fingerprint density at radius 2 is 2.40 bits per heavy atom. The van der Waals surface area contributed by atoms with Gasteiger partial charge in [0.05, 0.1) is 0 Å². The van der Waals surface area contributed by atoms with Gasteiger partial charge in [0, 0.05) is 18.3 Å². The first kappa shape index (κ1) is 7.06. The molecule has 0 spiro atoms. The monoisotopic (exact) mass is 135 g/mol. The Morgan fingerprint density at radius 1 is 1.60 bits per heavy atom. The van der Waals surface area contributed by atoms with Crippen molar-refractivity contribution in [3.63, 3.8) is 0 Å². The predicted molar refractivity (Wildman–Crippen MR) is 41.8 cm³/mol. The van der Waals surface area contributed by atoms with E-state index in [4.69, 9.17) is 0 Å². The molecule has 0 aromatic carbocycles. The lowest BCUT2D eigenvalue weighted by Crippen LogP contribution is -2.10. The summed E-state index contributed by atoms with van der Waals surface area (Å²) < 4.78 is 0. The summed E-state index contributed by atoms with van der Waals surface area (Å²) in [5.74, 6) is 0.817. The molecule has 0 bridgehead atoms. The Bertz CT molecular complexity index is 182. The van der Waals surface area contributed by atoms with E-state index < -0.39 is 0 Å². The number of aromatic nitrogens is 1. The second kappa shape index (κ2) is 3.20. The fourth-order valence-corrected chi connectivity index (χ4v) is 0.677. The standard InChI is InChI=1S/C8H11N2/c1-7(2)10-8-5-3-4-6-9-8/h3-4,6-7H,1-2H3,(H,9,10). The van der Waals surface area contributed by atoms with Crippen LogP contribution in [0.2, 0.25) is 0 Å². The molecule has 0 amide bonds. The SMILES string of the molecule is CC(C)Nc1[c]cccn1. The zero-order valence-electron chi connectivity index (χ0n) is 6.26. The maximum atomic E-state index is 4.05. The number of pyridine rings is 1. The molecule has 10 heavy (non-hydrogen) atoms. The van der Waals surface area contributed by atoms with Crippen molar-refractivity contribution in [1.82, 2.24) is 4.98 Å². The molecule has 1 aromatic rings. The number of anilines is 1. The van der Waals surface area contributed by atoms with Crippen molar-refractivity contribution in [3.05, 3.63) is 24.4 Å². The summed E-state index contributed by atoms with van der Waals surface area (Å²) in [6.45, 7) is 4.14. The molecule has 2 nitrogen and oxygen atoms in total. The molecule has 0 saturated heterocycles. The van der Waals surface area contributed by atoms with Crippen molar-refractivity contribution >= 4 is 5.82 Å². The van der Waals surface area contributed by atoms with Crippen LogP contribution in [0, 0.1) is 6.07 Å². The minimum absolute atomic E-state index is 0.422. The zero-order valence-corrected chi connectivity index (χ0v) is 6.26. The third-order valence-electron chi connectivity index (χ3n) is 1.03. The molecule has 0 fully saturated rings. The highest BCUT2D eigenvalue weighted by Gasteiger charge is 1.92. The second-order valence-electron chi connectivity index (χ2n) is 2.43. The third kappa shape index (κ3) is 2.05. The van der Waals surface area contributed by atoms with Crippen LogP contribution in [0.3, 0.4) is 0 Å². The minimum atomic E-state index is 0.422. The van der Waals surface area contributed by atoms with Gasteiger partial charge in [0.2, 0.25) is 0 Å². The number of nitrogens with zero attached hydrogens (tertiary/aromatic N) is 1. The van der Waals surface area contributed by atoms with E-state index in [1.165, 1.54) is 0 Å². The first-order valence-electron chi connectivity index (χ1n) is 3.38. The highest BCUT2D eigenvalue weighted by Crippen LogP contribution is 1.99. The van der Waals surface area contributed by atoms with E-state index in [2.05, 4.69) is 30.2 Å². The summed E-state index contributed by atoms with van der Waals surface area (Å²) >= 11 is 0. The summed E-state index contributed by atoms with van der Waals surface area (Å²) in [7, 11) is 0. The molecular weight excluding hydrogens is 124 g/mol. The van der Waals surface area contributed by atoms with Gasteiger partial charge in [-0.15, -0.1) is 0 Å². The van der Waals surface area contributed by atoms with Gasteiger partial charge in [-0.1, -0.05) is 0 Å². The van der Waals surface area contributed by atoms with E-state index in [0.29, 0.717) is 6.04 Å². The molecule has 0 saturated carbocycles. The minimum Gasteiger partial charge on any atom is -0.367 e. The highest BCUT2D eigenvalue weighted by atomic mass is 15.0.